The number of hydrogen-bond acceptors (Lipinski definition) is 2. The average molecular weight is 256 g/mol. The van der Waals surface area contributed by atoms with Crippen molar-refractivity contribution in [1.29, 1.82) is 0 Å². The van der Waals surface area contributed by atoms with Gasteiger partial charge in [0.25, 0.3) is 0 Å². The highest BCUT2D eigenvalue weighted by molar-refractivity contribution is 7.71. The van der Waals surface area contributed by atoms with Crippen LogP contribution in [0.5, 0.6) is 0 Å². The molecular formula is C11H7F3N2S. The maximum atomic E-state index is 12.5. The second-order valence-electron chi connectivity index (χ2n) is 3.37. The molecule has 2 heterocycles. The Labute approximate surface area is 100 Å². The molecule has 0 bridgehead atoms. The zero-order valence-electron chi connectivity index (χ0n) is 8.45. The summed E-state index contributed by atoms with van der Waals surface area (Å²) in [5, 5.41) is 0. The molecule has 0 spiro atoms. The van der Waals surface area contributed by atoms with Crippen molar-refractivity contribution in [2.75, 3.05) is 0 Å². The van der Waals surface area contributed by atoms with Gasteiger partial charge in [-0.2, -0.15) is 13.2 Å². The molecule has 6 heteroatoms. The standard InChI is InChI=1S/C11H7F3N2S/c12-11(13,14)8-4-9(10(17)16-6-8)7-2-1-3-15-5-7/h1-6H,(H,16,17). The van der Waals surface area contributed by atoms with Crippen molar-refractivity contribution in [3.05, 3.63) is 47.0 Å². The van der Waals surface area contributed by atoms with E-state index in [0.29, 0.717) is 11.1 Å². The van der Waals surface area contributed by atoms with Crippen molar-refractivity contribution in [3.8, 4) is 11.1 Å². The number of H-pyrrole nitrogens is 1. The van der Waals surface area contributed by atoms with Gasteiger partial charge in [-0.05, 0) is 12.1 Å². The number of alkyl halides is 3. The molecule has 2 rings (SSSR count). The van der Waals surface area contributed by atoms with Gasteiger partial charge in [0.2, 0.25) is 0 Å². The van der Waals surface area contributed by atoms with Gasteiger partial charge >= 0.3 is 6.18 Å². The zero-order chi connectivity index (χ0) is 12.5. The zero-order valence-corrected chi connectivity index (χ0v) is 9.27. The third kappa shape index (κ3) is 2.52. The minimum atomic E-state index is -4.39. The number of rotatable bonds is 1. The van der Waals surface area contributed by atoms with E-state index in [1.807, 2.05) is 0 Å². The molecule has 0 unspecified atom stereocenters. The van der Waals surface area contributed by atoms with Crippen LogP contribution in [-0.4, -0.2) is 9.97 Å². The van der Waals surface area contributed by atoms with E-state index >= 15 is 0 Å². The smallest absolute Gasteiger partial charge is 0.352 e. The summed E-state index contributed by atoms with van der Waals surface area (Å²) in [6.07, 6.45) is -0.512. The predicted molar refractivity (Wildman–Crippen MR) is 59.9 cm³/mol. The number of nitrogens with one attached hydrogen (secondary N) is 1. The maximum Gasteiger partial charge on any atom is 0.417 e. The Balaban J connectivity index is 2.59. The maximum absolute atomic E-state index is 12.5. The van der Waals surface area contributed by atoms with E-state index in [-0.39, 0.29) is 4.64 Å². The summed E-state index contributed by atoms with van der Waals surface area (Å²) in [5.41, 5.74) is 0.118. The van der Waals surface area contributed by atoms with Crippen LogP contribution in [0.4, 0.5) is 13.2 Å². The van der Waals surface area contributed by atoms with Gasteiger partial charge in [0.1, 0.15) is 4.64 Å². The van der Waals surface area contributed by atoms with Crippen LogP contribution >= 0.6 is 12.2 Å². The molecule has 0 amide bonds. The summed E-state index contributed by atoms with van der Waals surface area (Å²) in [5.74, 6) is 0. The van der Waals surface area contributed by atoms with Gasteiger partial charge in [0.15, 0.2) is 0 Å². The molecule has 0 aliphatic heterocycles. The average Bonchev–Trinajstić information content (AvgIpc) is 2.29. The van der Waals surface area contributed by atoms with E-state index in [2.05, 4.69) is 9.97 Å². The minimum Gasteiger partial charge on any atom is -0.352 e. The van der Waals surface area contributed by atoms with E-state index in [1.165, 1.54) is 6.20 Å². The van der Waals surface area contributed by atoms with Crippen LogP contribution < -0.4 is 0 Å². The Morgan fingerprint density at radius 3 is 2.65 bits per heavy atom. The molecule has 1 N–H and O–H groups in total. The number of aromatic nitrogens is 2. The molecule has 2 aromatic rings. The number of pyridine rings is 2. The molecule has 0 aliphatic rings. The summed E-state index contributed by atoms with van der Waals surface area (Å²) in [6.45, 7) is 0. The van der Waals surface area contributed by atoms with Crippen LogP contribution in [0.25, 0.3) is 11.1 Å². The third-order valence-electron chi connectivity index (χ3n) is 2.20. The first-order valence-electron chi connectivity index (χ1n) is 4.69. The van der Waals surface area contributed by atoms with Gasteiger partial charge in [0.05, 0.1) is 5.56 Å². The van der Waals surface area contributed by atoms with Crippen molar-refractivity contribution in [1.82, 2.24) is 9.97 Å². The first-order valence-corrected chi connectivity index (χ1v) is 5.09. The Kier molecular flexibility index (Phi) is 2.97. The lowest BCUT2D eigenvalue weighted by Gasteiger charge is -2.08. The fraction of sp³-hybridized carbons (Fsp3) is 0.0909. The van der Waals surface area contributed by atoms with E-state index in [1.54, 1.807) is 18.3 Å². The molecular weight excluding hydrogens is 249 g/mol. The lowest BCUT2D eigenvalue weighted by molar-refractivity contribution is -0.137. The molecule has 0 aliphatic carbocycles. The van der Waals surface area contributed by atoms with Crippen LogP contribution in [0.1, 0.15) is 5.56 Å². The number of hydrogen-bond donors (Lipinski definition) is 1. The molecule has 2 aromatic heterocycles. The predicted octanol–water partition coefficient (Wildman–Crippen LogP) is 3.82. The molecule has 0 atom stereocenters. The number of halogens is 3. The molecule has 0 saturated heterocycles. The van der Waals surface area contributed by atoms with Crippen LogP contribution in [-0.2, 0) is 6.18 Å². The van der Waals surface area contributed by atoms with Crippen molar-refractivity contribution in [3.63, 3.8) is 0 Å². The summed E-state index contributed by atoms with van der Waals surface area (Å²) in [4.78, 5) is 6.29. The molecule has 88 valence electrons. The number of aromatic amines is 1. The number of nitrogens with zero attached hydrogens (tertiary/aromatic N) is 1. The Morgan fingerprint density at radius 2 is 2.06 bits per heavy atom. The van der Waals surface area contributed by atoms with Gasteiger partial charge in [-0.15, -0.1) is 0 Å². The lowest BCUT2D eigenvalue weighted by atomic mass is 10.1. The third-order valence-corrected chi connectivity index (χ3v) is 2.54. The van der Waals surface area contributed by atoms with Crippen molar-refractivity contribution >= 4 is 12.2 Å². The van der Waals surface area contributed by atoms with Crippen molar-refractivity contribution in [2.24, 2.45) is 0 Å². The summed E-state index contributed by atoms with van der Waals surface area (Å²) >= 11 is 4.97. The van der Waals surface area contributed by atoms with Crippen LogP contribution in [0, 0.1) is 4.64 Å². The van der Waals surface area contributed by atoms with E-state index in [9.17, 15) is 13.2 Å². The highest BCUT2D eigenvalue weighted by Crippen LogP contribution is 2.31. The molecule has 0 saturated carbocycles. The van der Waals surface area contributed by atoms with Crippen molar-refractivity contribution < 1.29 is 13.2 Å². The largest absolute Gasteiger partial charge is 0.417 e. The van der Waals surface area contributed by atoms with E-state index in [0.717, 1.165) is 12.3 Å². The van der Waals surface area contributed by atoms with Gasteiger partial charge < -0.3 is 4.98 Å². The van der Waals surface area contributed by atoms with Gasteiger partial charge in [-0.25, -0.2) is 0 Å². The summed E-state index contributed by atoms with van der Waals surface area (Å²) in [6, 6.07) is 4.33. The van der Waals surface area contributed by atoms with Gasteiger partial charge in [-0.3, -0.25) is 4.98 Å². The monoisotopic (exact) mass is 256 g/mol. The second kappa shape index (κ2) is 4.29. The molecule has 0 aromatic carbocycles. The van der Waals surface area contributed by atoms with Gasteiger partial charge in [-0.1, -0.05) is 18.3 Å². The first kappa shape index (κ1) is 11.8. The van der Waals surface area contributed by atoms with E-state index < -0.39 is 11.7 Å². The van der Waals surface area contributed by atoms with E-state index in [4.69, 9.17) is 12.2 Å². The molecule has 17 heavy (non-hydrogen) atoms. The van der Waals surface area contributed by atoms with Crippen LogP contribution in [0.2, 0.25) is 0 Å². The Morgan fingerprint density at radius 1 is 1.29 bits per heavy atom. The fourth-order valence-corrected chi connectivity index (χ4v) is 1.62. The highest BCUT2D eigenvalue weighted by atomic mass is 32.1. The lowest BCUT2D eigenvalue weighted by Crippen LogP contribution is -2.05. The normalized spacial score (nSPS) is 11.5. The quantitative estimate of drug-likeness (QED) is 0.786. The minimum absolute atomic E-state index is 0.256. The highest BCUT2D eigenvalue weighted by Gasteiger charge is 2.31. The summed E-state index contributed by atoms with van der Waals surface area (Å²) in [7, 11) is 0. The Hall–Kier alpha value is -1.69. The fourth-order valence-electron chi connectivity index (χ4n) is 1.38. The second-order valence-corrected chi connectivity index (χ2v) is 3.78. The molecule has 0 fully saturated rings. The SMILES string of the molecule is FC(F)(F)c1c[nH]c(=S)c(-c2cccnc2)c1. The van der Waals surface area contributed by atoms with Crippen LogP contribution in [0.3, 0.4) is 0 Å². The van der Waals surface area contributed by atoms with Gasteiger partial charge in [0, 0.05) is 29.7 Å². The molecule has 0 radical (unpaired) electrons. The van der Waals surface area contributed by atoms with Crippen LogP contribution in [0.15, 0.2) is 36.8 Å². The first-order chi connectivity index (χ1) is 7.98. The Bertz CT molecular complexity index is 575. The topological polar surface area (TPSA) is 28.7 Å². The summed E-state index contributed by atoms with van der Waals surface area (Å²) < 4.78 is 37.9. The molecule has 2 nitrogen and oxygen atoms in total. The van der Waals surface area contributed by atoms with Crippen molar-refractivity contribution in [2.45, 2.75) is 6.18 Å².